The maximum atomic E-state index is 12.4. The number of hydrogen-bond acceptors (Lipinski definition) is 3. The Morgan fingerprint density at radius 2 is 1.71 bits per heavy atom. The van der Waals surface area contributed by atoms with Gasteiger partial charge in [0.15, 0.2) is 0 Å². The van der Waals surface area contributed by atoms with Crippen LogP contribution in [0.2, 0.25) is 0 Å². The number of hydrogen-bond donors (Lipinski definition) is 2. The number of rotatable bonds is 9. The summed E-state index contributed by atoms with van der Waals surface area (Å²) in [6.45, 7) is 10.2. The van der Waals surface area contributed by atoms with Gasteiger partial charge in [0.05, 0.1) is 4.90 Å². The summed E-state index contributed by atoms with van der Waals surface area (Å²) >= 11 is 0. The van der Waals surface area contributed by atoms with Gasteiger partial charge in [-0.05, 0) is 56.0 Å². The second-order valence-corrected chi connectivity index (χ2v) is 7.21. The summed E-state index contributed by atoms with van der Waals surface area (Å²) in [5, 5.41) is 3.33. The van der Waals surface area contributed by atoms with Crippen LogP contribution in [0.5, 0.6) is 0 Å². The Bertz CT molecular complexity index is 554. The van der Waals surface area contributed by atoms with Crippen LogP contribution in [0.4, 0.5) is 0 Å². The monoisotopic (exact) mass is 312 g/mol. The number of unbranched alkanes of at least 4 members (excludes halogenated alkanes) is 1. The first-order chi connectivity index (χ1) is 9.92. The molecule has 0 aliphatic carbocycles. The SMILES string of the molecule is CCCCNS(=O)(=O)c1cc(CNCCC)c(C)cc1C. The fourth-order valence-corrected chi connectivity index (χ4v) is 3.56. The average molecular weight is 312 g/mol. The molecule has 0 radical (unpaired) electrons. The predicted molar refractivity (Wildman–Crippen MR) is 88.0 cm³/mol. The van der Waals surface area contributed by atoms with Crippen molar-refractivity contribution in [1.29, 1.82) is 0 Å². The van der Waals surface area contributed by atoms with E-state index in [0.29, 0.717) is 18.0 Å². The fraction of sp³-hybridized carbons (Fsp3) is 0.625. The van der Waals surface area contributed by atoms with Gasteiger partial charge < -0.3 is 5.32 Å². The molecule has 0 bridgehead atoms. The largest absolute Gasteiger partial charge is 0.313 e. The number of aryl methyl sites for hydroxylation is 2. The van der Waals surface area contributed by atoms with Gasteiger partial charge in [-0.3, -0.25) is 0 Å². The Hall–Kier alpha value is -0.910. The van der Waals surface area contributed by atoms with Crippen LogP contribution in [0.1, 0.15) is 49.8 Å². The van der Waals surface area contributed by atoms with Gasteiger partial charge in [0.25, 0.3) is 0 Å². The van der Waals surface area contributed by atoms with E-state index in [1.165, 1.54) is 0 Å². The van der Waals surface area contributed by atoms with Crippen LogP contribution in [-0.4, -0.2) is 21.5 Å². The molecule has 2 N–H and O–H groups in total. The topological polar surface area (TPSA) is 58.2 Å². The molecule has 0 aliphatic rings. The van der Waals surface area contributed by atoms with Gasteiger partial charge in [0.1, 0.15) is 0 Å². The summed E-state index contributed by atoms with van der Waals surface area (Å²) in [5.74, 6) is 0. The third-order valence-electron chi connectivity index (χ3n) is 3.49. The van der Waals surface area contributed by atoms with Gasteiger partial charge in [-0.15, -0.1) is 0 Å². The van der Waals surface area contributed by atoms with E-state index in [9.17, 15) is 8.42 Å². The van der Waals surface area contributed by atoms with E-state index in [1.807, 2.05) is 32.9 Å². The van der Waals surface area contributed by atoms with Crippen molar-refractivity contribution < 1.29 is 8.42 Å². The molecule has 5 heteroatoms. The molecule has 0 aromatic heterocycles. The summed E-state index contributed by atoms with van der Waals surface area (Å²) in [4.78, 5) is 0.400. The van der Waals surface area contributed by atoms with E-state index >= 15 is 0 Å². The Balaban J connectivity index is 2.97. The van der Waals surface area contributed by atoms with Crippen LogP contribution >= 0.6 is 0 Å². The molecule has 4 nitrogen and oxygen atoms in total. The fourth-order valence-electron chi connectivity index (χ4n) is 2.22. The first-order valence-corrected chi connectivity index (χ1v) is 9.21. The lowest BCUT2D eigenvalue weighted by Gasteiger charge is -2.14. The third kappa shape index (κ3) is 5.41. The minimum atomic E-state index is -3.41. The van der Waals surface area contributed by atoms with Crippen LogP contribution in [0.15, 0.2) is 17.0 Å². The van der Waals surface area contributed by atoms with Crippen molar-refractivity contribution in [3.05, 3.63) is 28.8 Å². The highest BCUT2D eigenvalue weighted by Gasteiger charge is 2.17. The average Bonchev–Trinajstić information content (AvgIpc) is 2.41. The van der Waals surface area contributed by atoms with E-state index in [-0.39, 0.29) is 0 Å². The van der Waals surface area contributed by atoms with Crippen molar-refractivity contribution in [2.24, 2.45) is 0 Å². The maximum absolute atomic E-state index is 12.4. The molecule has 0 aliphatic heterocycles. The Morgan fingerprint density at radius 3 is 2.33 bits per heavy atom. The summed E-state index contributed by atoms with van der Waals surface area (Å²) in [6.07, 6.45) is 2.89. The maximum Gasteiger partial charge on any atom is 0.240 e. The summed E-state index contributed by atoms with van der Waals surface area (Å²) in [6, 6.07) is 3.76. The lowest BCUT2D eigenvalue weighted by atomic mass is 10.1. The molecular formula is C16H28N2O2S. The highest BCUT2D eigenvalue weighted by Crippen LogP contribution is 2.20. The van der Waals surface area contributed by atoms with E-state index in [1.54, 1.807) is 0 Å². The van der Waals surface area contributed by atoms with Crippen LogP contribution in [0.25, 0.3) is 0 Å². The molecule has 21 heavy (non-hydrogen) atoms. The van der Waals surface area contributed by atoms with Crippen molar-refractivity contribution in [1.82, 2.24) is 10.0 Å². The molecule has 0 spiro atoms. The molecule has 0 unspecified atom stereocenters. The zero-order chi connectivity index (χ0) is 15.9. The van der Waals surface area contributed by atoms with Gasteiger partial charge in [-0.25, -0.2) is 13.1 Å². The van der Waals surface area contributed by atoms with Crippen molar-refractivity contribution >= 4 is 10.0 Å². The van der Waals surface area contributed by atoms with Crippen LogP contribution in [0.3, 0.4) is 0 Å². The summed E-state index contributed by atoms with van der Waals surface area (Å²) < 4.78 is 27.5. The first kappa shape index (κ1) is 18.1. The molecule has 1 aromatic rings. The molecule has 0 atom stereocenters. The standard InChI is InChI=1S/C16H28N2O2S/c1-5-7-9-18-21(19,20)16-11-15(12-17-8-6-2)13(3)10-14(16)4/h10-11,17-18H,5-9,12H2,1-4H3. The molecule has 0 amide bonds. The Labute approximate surface area is 129 Å². The van der Waals surface area contributed by atoms with Crippen molar-refractivity contribution in [3.63, 3.8) is 0 Å². The van der Waals surface area contributed by atoms with Crippen LogP contribution < -0.4 is 10.0 Å². The molecule has 120 valence electrons. The van der Waals surface area contributed by atoms with Gasteiger partial charge in [0, 0.05) is 13.1 Å². The second-order valence-electron chi connectivity index (χ2n) is 5.47. The van der Waals surface area contributed by atoms with E-state index < -0.39 is 10.0 Å². The Morgan fingerprint density at radius 1 is 1.00 bits per heavy atom. The lowest BCUT2D eigenvalue weighted by Crippen LogP contribution is -2.26. The molecular weight excluding hydrogens is 284 g/mol. The zero-order valence-electron chi connectivity index (χ0n) is 13.6. The summed E-state index contributed by atoms with van der Waals surface area (Å²) in [7, 11) is -3.41. The van der Waals surface area contributed by atoms with Gasteiger partial charge >= 0.3 is 0 Å². The minimum absolute atomic E-state index is 0.400. The molecule has 0 heterocycles. The quantitative estimate of drug-likeness (QED) is 0.689. The van der Waals surface area contributed by atoms with Crippen molar-refractivity contribution in [3.8, 4) is 0 Å². The number of benzene rings is 1. The predicted octanol–water partition coefficient (Wildman–Crippen LogP) is 2.88. The van der Waals surface area contributed by atoms with Crippen molar-refractivity contribution in [2.75, 3.05) is 13.1 Å². The normalized spacial score (nSPS) is 11.8. The van der Waals surface area contributed by atoms with Gasteiger partial charge in [0.2, 0.25) is 10.0 Å². The molecule has 0 saturated heterocycles. The highest BCUT2D eigenvalue weighted by molar-refractivity contribution is 7.89. The molecule has 1 rings (SSSR count). The second kappa shape index (κ2) is 8.51. The zero-order valence-corrected chi connectivity index (χ0v) is 14.4. The number of nitrogens with one attached hydrogen (secondary N) is 2. The van der Waals surface area contributed by atoms with Gasteiger partial charge in [-0.1, -0.05) is 26.3 Å². The summed E-state index contributed by atoms with van der Waals surface area (Å²) in [5.41, 5.74) is 2.98. The third-order valence-corrected chi connectivity index (χ3v) is 5.09. The smallest absolute Gasteiger partial charge is 0.240 e. The minimum Gasteiger partial charge on any atom is -0.313 e. The van der Waals surface area contributed by atoms with E-state index in [0.717, 1.165) is 42.5 Å². The van der Waals surface area contributed by atoms with Crippen LogP contribution in [0, 0.1) is 13.8 Å². The highest BCUT2D eigenvalue weighted by atomic mass is 32.2. The van der Waals surface area contributed by atoms with Gasteiger partial charge in [-0.2, -0.15) is 0 Å². The van der Waals surface area contributed by atoms with Crippen molar-refractivity contribution in [2.45, 2.75) is 58.4 Å². The molecule has 1 aromatic carbocycles. The molecule has 0 fully saturated rings. The van der Waals surface area contributed by atoms with E-state index in [2.05, 4.69) is 17.0 Å². The first-order valence-electron chi connectivity index (χ1n) is 7.72. The molecule has 0 saturated carbocycles. The lowest BCUT2D eigenvalue weighted by molar-refractivity contribution is 0.577. The van der Waals surface area contributed by atoms with E-state index in [4.69, 9.17) is 0 Å². The number of sulfonamides is 1. The van der Waals surface area contributed by atoms with Crippen LogP contribution in [-0.2, 0) is 16.6 Å². The Kier molecular flexibility index (Phi) is 7.35.